The van der Waals surface area contributed by atoms with E-state index in [0.29, 0.717) is 0 Å². The minimum Gasteiger partial charge on any atom is -0.493 e. The number of aliphatic hydroxyl groups is 1. The van der Waals surface area contributed by atoms with Gasteiger partial charge in [-0.2, -0.15) is 11.8 Å². The zero-order chi connectivity index (χ0) is 10.7. The van der Waals surface area contributed by atoms with E-state index in [1.807, 2.05) is 0 Å². The van der Waals surface area contributed by atoms with Gasteiger partial charge in [0.25, 0.3) is 0 Å². The van der Waals surface area contributed by atoms with Crippen molar-refractivity contribution in [2.75, 3.05) is 19.0 Å². The third-order valence-corrected chi connectivity index (χ3v) is 3.76. The predicted octanol–water partition coefficient (Wildman–Crippen LogP) is 2.61. The van der Waals surface area contributed by atoms with Crippen molar-refractivity contribution in [2.45, 2.75) is 12.2 Å². The molecule has 0 radical (unpaired) electrons. The number of hydrogen-bond donors (Lipinski definition) is 1. The van der Waals surface area contributed by atoms with Crippen molar-refractivity contribution in [3.8, 4) is 5.75 Å². The van der Waals surface area contributed by atoms with Crippen molar-refractivity contribution >= 4 is 27.7 Å². The standard InChI is InChI=1S/C11H13BrO2S/c12-10-5-8-1-3-14-11(8)9(6-10)7-15-4-2-13/h5-6,13H,1-4,7H2. The van der Waals surface area contributed by atoms with Crippen LogP contribution in [0.3, 0.4) is 0 Å². The highest BCUT2D eigenvalue weighted by molar-refractivity contribution is 9.10. The van der Waals surface area contributed by atoms with E-state index in [1.54, 1.807) is 11.8 Å². The second-order valence-electron chi connectivity index (χ2n) is 3.43. The van der Waals surface area contributed by atoms with Crippen LogP contribution in [0.2, 0.25) is 0 Å². The summed E-state index contributed by atoms with van der Waals surface area (Å²) in [6, 6.07) is 4.23. The Bertz CT molecular complexity index is 355. The number of thioether (sulfide) groups is 1. The smallest absolute Gasteiger partial charge is 0.126 e. The molecule has 1 aliphatic rings. The Labute approximate surface area is 102 Å². The third kappa shape index (κ3) is 2.68. The highest BCUT2D eigenvalue weighted by Crippen LogP contribution is 2.34. The molecule has 15 heavy (non-hydrogen) atoms. The summed E-state index contributed by atoms with van der Waals surface area (Å²) in [4.78, 5) is 0. The van der Waals surface area contributed by atoms with Gasteiger partial charge in [-0.1, -0.05) is 15.9 Å². The molecule has 0 aliphatic carbocycles. The molecule has 4 heteroatoms. The van der Waals surface area contributed by atoms with Gasteiger partial charge in [0, 0.05) is 28.0 Å². The van der Waals surface area contributed by atoms with Crippen molar-refractivity contribution in [3.63, 3.8) is 0 Å². The van der Waals surface area contributed by atoms with E-state index >= 15 is 0 Å². The summed E-state index contributed by atoms with van der Waals surface area (Å²) >= 11 is 5.24. The fourth-order valence-electron chi connectivity index (χ4n) is 1.70. The molecule has 1 heterocycles. The molecule has 1 aromatic carbocycles. The van der Waals surface area contributed by atoms with Crippen molar-refractivity contribution < 1.29 is 9.84 Å². The van der Waals surface area contributed by atoms with Crippen LogP contribution < -0.4 is 4.74 Å². The van der Waals surface area contributed by atoms with Gasteiger partial charge in [-0.05, 0) is 17.7 Å². The Kier molecular flexibility index (Phi) is 3.94. The van der Waals surface area contributed by atoms with E-state index in [0.717, 1.165) is 34.8 Å². The molecular formula is C11H13BrO2S. The lowest BCUT2D eigenvalue weighted by Gasteiger charge is -2.08. The van der Waals surface area contributed by atoms with E-state index in [9.17, 15) is 0 Å². The van der Waals surface area contributed by atoms with E-state index < -0.39 is 0 Å². The summed E-state index contributed by atoms with van der Waals surface area (Å²) in [6.45, 7) is 1.03. The maximum Gasteiger partial charge on any atom is 0.126 e. The van der Waals surface area contributed by atoms with Crippen LogP contribution in [0.5, 0.6) is 5.75 Å². The summed E-state index contributed by atoms with van der Waals surface area (Å²) in [5.41, 5.74) is 2.53. The molecular weight excluding hydrogens is 276 g/mol. The molecule has 0 amide bonds. The number of ether oxygens (including phenoxy) is 1. The van der Waals surface area contributed by atoms with Crippen molar-refractivity contribution in [3.05, 3.63) is 27.7 Å². The number of fused-ring (bicyclic) bond motifs is 1. The predicted molar refractivity (Wildman–Crippen MR) is 66.6 cm³/mol. The van der Waals surface area contributed by atoms with Gasteiger partial charge in [0.15, 0.2) is 0 Å². The summed E-state index contributed by atoms with van der Waals surface area (Å²) < 4.78 is 6.74. The van der Waals surface area contributed by atoms with Crippen LogP contribution in [-0.2, 0) is 12.2 Å². The fourth-order valence-corrected chi connectivity index (χ4v) is 2.96. The largest absolute Gasteiger partial charge is 0.493 e. The Morgan fingerprint density at radius 1 is 1.47 bits per heavy atom. The maximum absolute atomic E-state index is 8.73. The average molecular weight is 289 g/mol. The van der Waals surface area contributed by atoms with Crippen LogP contribution >= 0.6 is 27.7 Å². The van der Waals surface area contributed by atoms with E-state index in [1.165, 1.54) is 11.1 Å². The third-order valence-electron chi connectivity index (χ3n) is 2.32. The highest BCUT2D eigenvalue weighted by atomic mass is 79.9. The molecule has 0 aromatic heterocycles. The Morgan fingerprint density at radius 3 is 3.13 bits per heavy atom. The second-order valence-corrected chi connectivity index (χ2v) is 5.45. The molecule has 0 saturated heterocycles. The van der Waals surface area contributed by atoms with Crippen molar-refractivity contribution in [1.82, 2.24) is 0 Å². The fraction of sp³-hybridized carbons (Fsp3) is 0.455. The number of benzene rings is 1. The number of rotatable bonds is 4. The van der Waals surface area contributed by atoms with Gasteiger partial charge in [-0.3, -0.25) is 0 Å². The molecule has 0 fully saturated rings. The normalized spacial score (nSPS) is 13.7. The number of hydrogen-bond acceptors (Lipinski definition) is 3. The second kappa shape index (κ2) is 5.23. The molecule has 2 nitrogen and oxygen atoms in total. The molecule has 0 atom stereocenters. The quantitative estimate of drug-likeness (QED) is 0.864. The average Bonchev–Trinajstić information content (AvgIpc) is 2.65. The van der Waals surface area contributed by atoms with Crippen molar-refractivity contribution in [1.29, 1.82) is 0 Å². The van der Waals surface area contributed by atoms with E-state index in [-0.39, 0.29) is 6.61 Å². The van der Waals surface area contributed by atoms with Crippen LogP contribution in [-0.4, -0.2) is 24.1 Å². The topological polar surface area (TPSA) is 29.5 Å². The van der Waals surface area contributed by atoms with Crippen LogP contribution in [0.25, 0.3) is 0 Å². The van der Waals surface area contributed by atoms with E-state index in [4.69, 9.17) is 9.84 Å². The minimum absolute atomic E-state index is 0.238. The van der Waals surface area contributed by atoms with Gasteiger partial charge in [0.1, 0.15) is 5.75 Å². The molecule has 0 spiro atoms. The van der Waals surface area contributed by atoms with Crippen LogP contribution in [0.15, 0.2) is 16.6 Å². The Morgan fingerprint density at radius 2 is 2.33 bits per heavy atom. The number of halogens is 1. The summed E-state index contributed by atoms with van der Waals surface area (Å²) in [5.74, 6) is 2.74. The van der Waals surface area contributed by atoms with Crippen LogP contribution in [0, 0.1) is 0 Å². The van der Waals surface area contributed by atoms with Crippen molar-refractivity contribution in [2.24, 2.45) is 0 Å². The number of aliphatic hydroxyl groups excluding tert-OH is 1. The SMILES string of the molecule is OCCSCc1cc(Br)cc2c1OCC2. The van der Waals surface area contributed by atoms with Gasteiger partial charge >= 0.3 is 0 Å². The van der Waals surface area contributed by atoms with Gasteiger partial charge < -0.3 is 9.84 Å². The first-order valence-electron chi connectivity index (χ1n) is 4.94. The van der Waals surface area contributed by atoms with Crippen LogP contribution in [0.4, 0.5) is 0 Å². The minimum atomic E-state index is 0.238. The Hall–Kier alpha value is -0.190. The van der Waals surface area contributed by atoms with E-state index in [2.05, 4.69) is 28.1 Å². The van der Waals surface area contributed by atoms with Gasteiger partial charge in [-0.15, -0.1) is 0 Å². The highest BCUT2D eigenvalue weighted by Gasteiger charge is 2.16. The summed E-state index contributed by atoms with van der Waals surface area (Å²) in [5, 5.41) is 8.73. The summed E-state index contributed by atoms with van der Waals surface area (Å²) in [6.07, 6.45) is 1.01. The van der Waals surface area contributed by atoms with Gasteiger partial charge in [0.05, 0.1) is 13.2 Å². The first-order chi connectivity index (χ1) is 7.31. The maximum atomic E-state index is 8.73. The summed E-state index contributed by atoms with van der Waals surface area (Å²) in [7, 11) is 0. The molecule has 1 aliphatic heterocycles. The zero-order valence-electron chi connectivity index (χ0n) is 8.33. The first-order valence-corrected chi connectivity index (χ1v) is 6.88. The van der Waals surface area contributed by atoms with Crippen LogP contribution in [0.1, 0.15) is 11.1 Å². The first kappa shape index (κ1) is 11.3. The molecule has 1 N–H and O–H groups in total. The zero-order valence-corrected chi connectivity index (χ0v) is 10.7. The Balaban J connectivity index is 2.15. The molecule has 82 valence electrons. The molecule has 2 rings (SSSR count). The molecule has 0 bridgehead atoms. The molecule has 1 aromatic rings. The lowest BCUT2D eigenvalue weighted by Crippen LogP contribution is -1.92. The monoisotopic (exact) mass is 288 g/mol. The lowest BCUT2D eigenvalue weighted by atomic mass is 10.1. The van der Waals surface area contributed by atoms with Gasteiger partial charge in [0.2, 0.25) is 0 Å². The van der Waals surface area contributed by atoms with Gasteiger partial charge in [-0.25, -0.2) is 0 Å². The molecule has 0 saturated carbocycles. The molecule has 0 unspecified atom stereocenters. The lowest BCUT2D eigenvalue weighted by molar-refractivity contribution is 0.322.